The summed E-state index contributed by atoms with van der Waals surface area (Å²) in [4.78, 5) is 12.0. The molecule has 109 valence electrons. The van der Waals surface area contributed by atoms with Gasteiger partial charge in [-0.05, 0) is 53.2 Å². The summed E-state index contributed by atoms with van der Waals surface area (Å²) in [6.07, 6.45) is 0. The van der Waals surface area contributed by atoms with Gasteiger partial charge >= 0.3 is 11.9 Å². The lowest BCUT2D eigenvalue weighted by molar-refractivity contribution is -0.150. The Bertz CT molecular complexity index is 385. The lowest BCUT2D eigenvalue weighted by atomic mass is 10.0. The van der Waals surface area contributed by atoms with E-state index in [0.29, 0.717) is 0 Å². The molecule has 4 nitrogen and oxygen atoms in total. The summed E-state index contributed by atoms with van der Waals surface area (Å²) in [6, 6.07) is 0. The first-order valence-electron chi connectivity index (χ1n) is 6.42. The van der Waals surface area contributed by atoms with Crippen molar-refractivity contribution in [3.8, 4) is 0 Å². The Hall–Kier alpha value is -1.41. The maximum absolute atomic E-state index is 12.0. The second kappa shape index (κ2) is 6.16. The van der Waals surface area contributed by atoms with Crippen LogP contribution in [-0.4, -0.2) is 17.2 Å². The molecule has 0 bridgehead atoms. The molecule has 0 heterocycles. The highest BCUT2D eigenvalue weighted by Gasteiger charge is 2.23. The zero-order valence-corrected chi connectivity index (χ0v) is 13.2. The first-order valence-corrected chi connectivity index (χ1v) is 6.42. The van der Waals surface area contributed by atoms with Gasteiger partial charge in [0.15, 0.2) is 0 Å². The van der Waals surface area contributed by atoms with Crippen molar-refractivity contribution in [2.24, 2.45) is 5.92 Å². The van der Waals surface area contributed by atoms with Gasteiger partial charge in [0.1, 0.15) is 11.2 Å². The van der Waals surface area contributed by atoms with Crippen molar-refractivity contribution in [1.29, 1.82) is 0 Å². The average molecular weight is 269 g/mol. The molecule has 0 aromatic rings. The molecule has 0 saturated carbocycles. The summed E-state index contributed by atoms with van der Waals surface area (Å²) in [5.74, 6) is -1.35. The van der Waals surface area contributed by atoms with Crippen LogP contribution in [-0.2, 0) is 19.4 Å². The third-order valence-corrected chi connectivity index (χ3v) is 1.83. The fourth-order valence-electron chi connectivity index (χ4n) is 1.18. The van der Waals surface area contributed by atoms with Gasteiger partial charge in [0.2, 0.25) is 0 Å². The smallest absolute Gasteiger partial charge is 0.377 e. The molecule has 0 aliphatic carbocycles. The lowest BCUT2D eigenvalue weighted by Crippen LogP contribution is -2.26. The van der Waals surface area contributed by atoms with Gasteiger partial charge in [-0.15, -0.1) is 0 Å². The van der Waals surface area contributed by atoms with E-state index in [4.69, 9.17) is 9.47 Å². The second-order valence-corrected chi connectivity index (χ2v) is 6.70. The summed E-state index contributed by atoms with van der Waals surface area (Å²) < 4.78 is 10.4. The van der Waals surface area contributed by atoms with Gasteiger partial charge in [0, 0.05) is 0 Å². The number of carbonyl (C=O) groups excluding carboxylic acids is 1. The van der Waals surface area contributed by atoms with Crippen LogP contribution in [0.15, 0.2) is 17.2 Å². The van der Waals surface area contributed by atoms with Crippen LogP contribution in [0.2, 0.25) is 0 Å². The predicted octanol–water partition coefficient (Wildman–Crippen LogP) is 3.60. The van der Waals surface area contributed by atoms with Crippen LogP contribution in [0.5, 0.6) is 0 Å². The Morgan fingerprint density at radius 3 is 1.68 bits per heavy atom. The van der Waals surface area contributed by atoms with Gasteiger partial charge in [0.25, 0.3) is 0 Å². The maximum atomic E-state index is 12.0. The van der Waals surface area contributed by atoms with Crippen LogP contribution in [0.25, 0.3) is 0 Å². The molecule has 0 aromatic heterocycles. The third-order valence-electron chi connectivity index (χ3n) is 1.83. The highest BCUT2D eigenvalue weighted by atomic mass is 16.6. The van der Waals surface area contributed by atoms with Crippen LogP contribution >= 0.6 is 0 Å². The van der Waals surface area contributed by atoms with E-state index in [-0.39, 0.29) is 11.5 Å². The van der Waals surface area contributed by atoms with Gasteiger partial charge in [-0.25, -0.2) is 9.90 Å². The number of hydrogen-bond donors (Lipinski definition) is 0. The van der Waals surface area contributed by atoms with Crippen molar-refractivity contribution in [2.75, 3.05) is 0 Å². The summed E-state index contributed by atoms with van der Waals surface area (Å²) in [7, 11) is 0. The van der Waals surface area contributed by atoms with Crippen molar-refractivity contribution in [2.45, 2.75) is 66.6 Å². The van der Waals surface area contributed by atoms with E-state index in [1.807, 2.05) is 0 Å². The summed E-state index contributed by atoms with van der Waals surface area (Å²) in [6.45, 7) is 14.2. The molecule has 0 unspecified atom stereocenters. The van der Waals surface area contributed by atoms with Gasteiger partial charge in [-0.2, -0.15) is 0 Å². The number of carbonyl (C=O) groups is 1. The maximum Gasteiger partial charge on any atom is 0.377 e. The zero-order chi connectivity index (χ0) is 15.4. The number of esters is 1. The monoisotopic (exact) mass is 269 g/mol. The van der Waals surface area contributed by atoms with E-state index >= 15 is 0 Å². The van der Waals surface area contributed by atoms with Crippen LogP contribution in [0.1, 0.15) is 55.4 Å². The Morgan fingerprint density at radius 2 is 1.37 bits per heavy atom. The number of rotatable bonds is 3. The van der Waals surface area contributed by atoms with E-state index in [1.165, 1.54) is 0 Å². The molecule has 4 heteroatoms. The largest absolute Gasteiger partial charge is 0.456 e. The molecular weight excluding hydrogens is 244 g/mol. The molecule has 0 saturated heterocycles. The predicted molar refractivity (Wildman–Crippen MR) is 72.7 cm³/mol. The summed E-state index contributed by atoms with van der Waals surface area (Å²) >= 11 is 0. The van der Waals surface area contributed by atoms with Crippen molar-refractivity contribution >= 4 is 5.97 Å². The fourth-order valence-corrected chi connectivity index (χ4v) is 1.18. The molecule has 0 rings (SSSR count). The Kier molecular flexibility index (Phi) is 5.70. The van der Waals surface area contributed by atoms with E-state index in [2.05, 4.69) is 5.73 Å². The molecule has 0 spiro atoms. The molecular formula is C15H25O4. The molecule has 0 aliphatic heterocycles. The van der Waals surface area contributed by atoms with Crippen LogP contribution in [0, 0.1) is 5.92 Å². The first kappa shape index (κ1) is 17.6. The molecule has 0 fully saturated rings. The minimum absolute atomic E-state index is 0.164. The highest BCUT2D eigenvalue weighted by molar-refractivity contribution is 5.88. The SMILES string of the molecule is CC(C)C(=C=C([O])OC(C)(C)C)C(=O)OC(C)(C)C. The van der Waals surface area contributed by atoms with E-state index in [9.17, 15) is 9.90 Å². The molecule has 0 N–H and O–H groups in total. The van der Waals surface area contributed by atoms with E-state index in [1.54, 1.807) is 55.4 Å². The van der Waals surface area contributed by atoms with Crippen molar-refractivity contribution in [3.63, 3.8) is 0 Å². The molecule has 0 aliphatic rings. The molecule has 0 atom stereocenters. The topological polar surface area (TPSA) is 55.4 Å². The molecule has 0 aromatic carbocycles. The van der Waals surface area contributed by atoms with Gasteiger partial charge in [-0.3, -0.25) is 0 Å². The Morgan fingerprint density at radius 1 is 0.947 bits per heavy atom. The number of hydrogen-bond acceptors (Lipinski definition) is 3. The van der Waals surface area contributed by atoms with E-state index in [0.717, 1.165) is 0 Å². The molecule has 1 radical (unpaired) electrons. The van der Waals surface area contributed by atoms with E-state index < -0.39 is 23.1 Å². The first-order chi connectivity index (χ1) is 8.32. The minimum Gasteiger partial charge on any atom is -0.456 e. The van der Waals surface area contributed by atoms with Gasteiger partial charge in [0.05, 0.1) is 5.57 Å². The highest BCUT2D eigenvalue weighted by Crippen LogP contribution is 2.18. The second-order valence-electron chi connectivity index (χ2n) is 6.70. The normalized spacial score (nSPS) is 11.8. The lowest BCUT2D eigenvalue weighted by Gasteiger charge is -2.21. The zero-order valence-electron chi connectivity index (χ0n) is 13.2. The molecule has 0 amide bonds. The third kappa shape index (κ3) is 8.33. The number of ether oxygens (including phenoxy) is 2. The standard InChI is InChI=1S/C15H25O4/c1-10(2)11(13(17)19-15(6,7)8)9-12(16)18-14(3,4)5/h10H,1-8H3. The Labute approximate surface area is 116 Å². The quantitative estimate of drug-likeness (QED) is 0.340. The fraction of sp³-hybridized carbons (Fsp3) is 0.733. The van der Waals surface area contributed by atoms with Gasteiger partial charge < -0.3 is 9.47 Å². The van der Waals surface area contributed by atoms with Crippen molar-refractivity contribution in [3.05, 3.63) is 17.2 Å². The molecule has 19 heavy (non-hydrogen) atoms. The van der Waals surface area contributed by atoms with Crippen LogP contribution < -0.4 is 0 Å². The van der Waals surface area contributed by atoms with Crippen LogP contribution in [0.3, 0.4) is 0 Å². The Balaban J connectivity index is 5.32. The minimum atomic E-state index is -0.651. The van der Waals surface area contributed by atoms with Crippen molar-refractivity contribution in [1.82, 2.24) is 0 Å². The summed E-state index contributed by atoms with van der Waals surface area (Å²) in [5.41, 5.74) is 1.46. The summed E-state index contributed by atoms with van der Waals surface area (Å²) in [5, 5.41) is 11.7. The van der Waals surface area contributed by atoms with Crippen LogP contribution in [0.4, 0.5) is 0 Å². The van der Waals surface area contributed by atoms with Crippen molar-refractivity contribution < 1.29 is 19.4 Å². The van der Waals surface area contributed by atoms with Gasteiger partial charge in [-0.1, -0.05) is 13.8 Å². The average Bonchev–Trinajstić information content (AvgIpc) is 2.07.